The molecule has 138 valence electrons. The average molecular weight is 386 g/mol. The predicted molar refractivity (Wildman–Crippen MR) is 96.8 cm³/mol. The molecule has 1 aliphatic carbocycles. The zero-order valence-electron chi connectivity index (χ0n) is 13.6. The van der Waals surface area contributed by atoms with E-state index < -0.39 is 10.9 Å². The Morgan fingerprint density at radius 3 is 2.37 bits per heavy atom. The molecule has 3 rings (SSSR count). The minimum absolute atomic E-state index is 0.0191. The number of aromatic nitrogens is 4. The maximum atomic E-state index is 10.9. The fourth-order valence-electron chi connectivity index (χ4n) is 2.17. The number of carbonyl (C=O) groups is 1. The van der Waals surface area contributed by atoms with Gasteiger partial charge in [0.2, 0.25) is 10.9 Å². The Bertz CT molecular complexity index is 969. The Balaban J connectivity index is 1.73. The number of hydrogen-bond acceptors (Lipinski definition) is 8. The molecule has 0 amide bonds. The van der Waals surface area contributed by atoms with Crippen LogP contribution in [-0.2, 0) is 0 Å². The van der Waals surface area contributed by atoms with Gasteiger partial charge < -0.3 is 20.6 Å². The maximum absolute atomic E-state index is 10.9. The van der Waals surface area contributed by atoms with Gasteiger partial charge in [-0.1, -0.05) is 11.8 Å². The van der Waals surface area contributed by atoms with Gasteiger partial charge in [0.1, 0.15) is 5.76 Å². The summed E-state index contributed by atoms with van der Waals surface area (Å²) in [4.78, 5) is 10.4. The quantitative estimate of drug-likeness (QED) is 0.339. The summed E-state index contributed by atoms with van der Waals surface area (Å²) in [6.07, 6.45) is 5.54. The molecule has 0 saturated carbocycles. The van der Waals surface area contributed by atoms with Crippen LogP contribution in [0.25, 0.3) is 5.69 Å². The van der Waals surface area contributed by atoms with Crippen molar-refractivity contribution >= 4 is 23.4 Å². The normalized spacial score (nSPS) is 13.0. The molecule has 1 aliphatic rings. The van der Waals surface area contributed by atoms with E-state index in [2.05, 4.69) is 15.5 Å². The third-order valence-corrected chi connectivity index (χ3v) is 4.48. The molecule has 0 aliphatic heterocycles. The lowest BCUT2D eigenvalue weighted by Gasteiger charge is -2.09. The van der Waals surface area contributed by atoms with Crippen LogP contribution in [0.15, 0.2) is 65.1 Å². The van der Waals surface area contributed by atoms with Gasteiger partial charge in [0.15, 0.2) is 0 Å². The highest BCUT2D eigenvalue weighted by atomic mass is 32.2. The van der Waals surface area contributed by atoms with Gasteiger partial charge in [-0.2, -0.15) is 9.58 Å². The summed E-state index contributed by atoms with van der Waals surface area (Å²) in [7, 11) is 0. The first kappa shape index (κ1) is 18.2. The van der Waals surface area contributed by atoms with E-state index in [-0.39, 0.29) is 22.8 Å². The first-order valence-electron chi connectivity index (χ1n) is 7.50. The van der Waals surface area contributed by atoms with Crippen LogP contribution in [0, 0.1) is 10.4 Å². The molecule has 0 atom stereocenters. The number of benzene rings is 1. The monoisotopic (exact) mass is 386 g/mol. The van der Waals surface area contributed by atoms with Crippen LogP contribution in [0.2, 0.25) is 0 Å². The van der Waals surface area contributed by atoms with Crippen molar-refractivity contribution in [3.63, 3.8) is 0 Å². The minimum Gasteiger partial charge on any atom is -0.612 e. The van der Waals surface area contributed by atoms with Gasteiger partial charge in [-0.05, 0) is 46.8 Å². The van der Waals surface area contributed by atoms with Gasteiger partial charge in [0.05, 0.1) is 17.0 Å². The van der Waals surface area contributed by atoms with Crippen LogP contribution >= 0.6 is 11.8 Å². The van der Waals surface area contributed by atoms with E-state index in [0.29, 0.717) is 16.4 Å². The van der Waals surface area contributed by atoms with E-state index in [0.717, 1.165) is 11.8 Å². The van der Waals surface area contributed by atoms with Crippen molar-refractivity contribution in [2.75, 3.05) is 5.75 Å². The molecular formula is C16H12N5O5S-. The number of allylic oxidation sites excluding steroid dienone is 5. The summed E-state index contributed by atoms with van der Waals surface area (Å²) in [5.41, 5.74) is 1.11. The summed E-state index contributed by atoms with van der Waals surface area (Å²) in [5, 5.41) is 52.2. The van der Waals surface area contributed by atoms with Crippen molar-refractivity contribution < 1.29 is 19.9 Å². The van der Waals surface area contributed by atoms with E-state index in [4.69, 9.17) is 5.11 Å². The molecule has 0 fully saturated rings. The Labute approximate surface area is 156 Å². The predicted octanol–water partition coefficient (Wildman–Crippen LogP) is 1.84. The fraction of sp³-hybridized carbons (Fsp3) is 0.0625. The van der Waals surface area contributed by atoms with Gasteiger partial charge in [-0.15, -0.1) is 5.10 Å². The second kappa shape index (κ2) is 7.74. The highest BCUT2D eigenvalue weighted by molar-refractivity contribution is 7.99. The molecule has 10 nitrogen and oxygen atoms in total. The number of tetrazole rings is 1. The largest absolute Gasteiger partial charge is 0.612 e. The molecule has 0 spiro atoms. The molecule has 0 saturated heterocycles. The first-order valence-corrected chi connectivity index (χ1v) is 8.49. The third kappa shape index (κ3) is 4.15. The summed E-state index contributed by atoms with van der Waals surface area (Å²) in [5.74, 6) is -0.869. The summed E-state index contributed by atoms with van der Waals surface area (Å²) < 4.78 is 1.42. The van der Waals surface area contributed by atoms with Crippen LogP contribution in [0.1, 0.15) is 10.4 Å². The van der Waals surface area contributed by atoms with Gasteiger partial charge in [-0.25, -0.2) is 4.79 Å². The Hall–Kier alpha value is -3.60. The number of carboxylic acid groups (broad SMARTS) is 1. The molecule has 1 aromatic heterocycles. The number of carboxylic acids is 1. The van der Waals surface area contributed by atoms with E-state index in [1.54, 1.807) is 12.1 Å². The summed E-state index contributed by atoms with van der Waals surface area (Å²) in [6.45, 7) is 0. The van der Waals surface area contributed by atoms with Crippen molar-refractivity contribution in [3.05, 3.63) is 75.9 Å². The lowest BCUT2D eigenvalue weighted by atomic mass is 10.1. The van der Waals surface area contributed by atoms with Crippen molar-refractivity contribution in [3.8, 4) is 5.69 Å². The van der Waals surface area contributed by atoms with Crippen LogP contribution in [-0.4, -0.2) is 52.8 Å². The van der Waals surface area contributed by atoms with Gasteiger partial charge >= 0.3 is 5.97 Å². The standard InChI is InChI=1S/C16H12N5O5S/c22-14(10-1-7-13(8-2-10)21(25)26)9-27-16-17-18-19-20(16)12-5-3-11(4-6-12)15(23)24/h1-8H,9H2,(H2-,18,19,22,23,24,25,26)/q-1. The van der Waals surface area contributed by atoms with Crippen LogP contribution < -0.4 is 0 Å². The smallest absolute Gasteiger partial charge is 0.335 e. The highest BCUT2D eigenvalue weighted by Gasteiger charge is 2.13. The molecular weight excluding hydrogens is 374 g/mol. The van der Waals surface area contributed by atoms with E-state index in [1.807, 2.05) is 0 Å². The number of nitrogens with zero attached hydrogens (tertiary/aromatic N) is 5. The third-order valence-electron chi connectivity index (χ3n) is 3.55. The number of aliphatic hydroxyl groups excluding tert-OH is 1. The lowest BCUT2D eigenvalue weighted by Crippen LogP contribution is -2.07. The molecule has 2 N–H and O–H groups in total. The topological polar surface area (TPSA) is 150 Å². The molecule has 0 radical (unpaired) electrons. The molecule has 2 aromatic rings. The van der Waals surface area contributed by atoms with E-state index >= 15 is 0 Å². The zero-order chi connectivity index (χ0) is 19.4. The first-order chi connectivity index (χ1) is 13.0. The number of thioether (sulfide) groups is 1. The van der Waals surface area contributed by atoms with Gasteiger partial charge in [0, 0.05) is 17.7 Å². The average Bonchev–Trinajstić information content (AvgIpc) is 3.14. The molecule has 1 heterocycles. The van der Waals surface area contributed by atoms with Crippen molar-refractivity contribution in [1.82, 2.24) is 20.2 Å². The fourth-order valence-corrected chi connectivity index (χ4v) is 2.96. The van der Waals surface area contributed by atoms with Crippen molar-refractivity contribution in [2.45, 2.75) is 5.16 Å². The van der Waals surface area contributed by atoms with E-state index in [9.17, 15) is 20.3 Å². The van der Waals surface area contributed by atoms with E-state index in [1.165, 1.54) is 41.1 Å². The Kier molecular flexibility index (Phi) is 5.22. The molecule has 0 unspecified atom stereocenters. The second-order valence-corrected chi connectivity index (χ2v) is 6.21. The molecule has 11 heteroatoms. The molecule has 0 bridgehead atoms. The zero-order valence-corrected chi connectivity index (χ0v) is 14.4. The SMILES string of the molecule is O=C(O)c1ccc(-n2nnnc2SCC(O)=C2C=CC(=[N+]([O-])[O-])C=C2)cc1. The van der Waals surface area contributed by atoms with Crippen molar-refractivity contribution in [1.29, 1.82) is 0 Å². The number of hydrogen-bond donors (Lipinski definition) is 2. The van der Waals surface area contributed by atoms with Gasteiger partial charge in [0.25, 0.3) is 0 Å². The van der Waals surface area contributed by atoms with Crippen LogP contribution in [0.4, 0.5) is 0 Å². The Morgan fingerprint density at radius 2 is 1.78 bits per heavy atom. The number of aliphatic hydroxyl groups is 1. The molecule has 27 heavy (non-hydrogen) atoms. The lowest BCUT2D eigenvalue weighted by molar-refractivity contribution is -0.377. The molecule has 1 aromatic carbocycles. The van der Waals surface area contributed by atoms with Crippen molar-refractivity contribution in [2.24, 2.45) is 0 Å². The Morgan fingerprint density at radius 1 is 1.11 bits per heavy atom. The number of rotatable bonds is 5. The summed E-state index contributed by atoms with van der Waals surface area (Å²) >= 11 is 1.16. The minimum atomic E-state index is -1.03. The van der Waals surface area contributed by atoms with Crippen LogP contribution in [0.5, 0.6) is 0 Å². The van der Waals surface area contributed by atoms with Crippen LogP contribution in [0.3, 0.4) is 0 Å². The highest BCUT2D eigenvalue weighted by Crippen LogP contribution is 2.22. The number of aromatic carboxylic acids is 1. The van der Waals surface area contributed by atoms with Gasteiger partial charge in [-0.3, -0.25) is 0 Å². The summed E-state index contributed by atoms with van der Waals surface area (Å²) in [6, 6.07) is 6.02. The maximum Gasteiger partial charge on any atom is 0.335 e. The second-order valence-electron chi connectivity index (χ2n) is 5.26.